The lowest BCUT2D eigenvalue weighted by Gasteiger charge is -2.53. The van der Waals surface area contributed by atoms with Crippen molar-refractivity contribution in [2.75, 3.05) is 13.2 Å². The van der Waals surface area contributed by atoms with Crippen LogP contribution in [0.1, 0.15) is 62.9 Å². The topological polar surface area (TPSA) is 93.2 Å². The second-order valence-corrected chi connectivity index (χ2v) is 24.6. The summed E-state index contributed by atoms with van der Waals surface area (Å²) in [5, 5.41) is 2.70. The van der Waals surface area contributed by atoms with Gasteiger partial charge in [-0.05, 0) is 53.0 Å². The molecule has 2 heterocycles. The number of carbonyl (C=O) groups is 4. The van der Waals surface area contributed by atoms with E-state index in [-0.39, 0.29) is 41.4 Å². The molecular formula is C47H55N2O6PSi. The molecule has 0 unspecified atom stereocenters. The molecule has 57 heavy (non-hydrogen) atoms. The number of carbonyl (C=O) groups excluding carboxylic acids is 4. The van der Waals surface area contributed by atoms with Crippen molar-refractivity contribution >= 4 is 60.1 Å². The second-order valence-electron chi connectivity index (χ2n) is 16.5. The van der Waals surface area contributed by atoms with Gasteiger partial charge in [-0.15, -0.1) is 6.58 Å². The van der Waals surface area contributed by atoms with Crippen LogP contribution in [0.5, 0.6) is 0 Å². The molecule has 4 aromatic rings. The zero-order chi connectivity index (χ0) is 41.0. The number of ketones is 2. The molecule has 2 fully saturated rings. The zero-order valence-corrected chi connectivity index (χ0v) is 35.9. The third kappa shape index (κ3) is 8.43. The van der Waals surface area contributed by atoms with Crippen LogP contribution in [0.15, 0.2) is 128 Å². The van der Waals surface area contributed by atoms with Crippen LogP contribution in [-0.2, 0) is 25.3 Å². The fraction of sp³-hybridized carbons (Fsp3) is 0.340. The largest absolute Gasteiger partial charge is 0.448 e. The molecule has 0 radical (unpaired) electrons. The lowest BCUT2D eigenvalue weighted by Crippen LogP contribution is -2.69. The average molecular weight is 803 g/mol. The van der Waals surface area contributed by atoms with Crippen molar-refractivity contribution < 1.29 is 28.3 Å². The first-order valence-electron chi connectivity index (χ1n) is 19.8. The van der Waals surface area contributed by atoms with E-state index in [1.807, 2.05) is 73.7 Å². The van der Waals surface area contributed by atoms with Gasteiger partial charge in [-0.1, -0.05) is 142 Å². The van der Waals surface area contributed by atoms with Crippen molar-refractivity contribution in [3.05, 3.63) is 139 Å². The second kappa shape index (κ2) is 17.4. The maximum atomic E-state index is 15.2. The summed E-state index contributed by atoms with van der Waals surface area (Å²) in [5.41, 5.74) is 1.81. The highest BCUT2D eigenvalue weighted by atomic mass is 31.2. The highest BCUT2D eigenvalue weighted by molar-refractivity contribution is 7.96. The fourth-order valence-corrected chi connectivity index (χ4v) is 13.7. The number of nitrogens with zero attached hydrogens (tertiary/aromatic N) is 2. The van der Waals surface area contributed by atoms with Crippen LogP contribution < -0.4 is 15.9 Å². The molecule has 6 rings (SSSR count). The summed E-state index contributed by atoms with van der Waals surface area (Å²) in [7, 11) is -2.36. The molecular weight excluding hydrogens is 748 g/mol. The third-order valence-electron chi connectivity index (χ3n) is 11.8. The summed E-state index contributed by atoms with van der Waals surface area (Å²) in [4.78, 5) is 60.3. The minimum Gasteiger partial charge on any atom is -0.448 e. The Kier molecular flexibility index (Phi) is 12.7. The number of amides is 2. The zero-order valence-electron chi connectivity index (χ0n) is 34.0. The molecule has 3 atom stereocenters. The van der Waals surface area contributed by atoms with E-state index < -0.39 is 33.3 Å². The molecule has 0 N–H and O–H groups in total. The highest BCUT2D eigenvalue weighted by Crippen LogP contribution is 2.51. The predicted octanol–water partition coefficient (Wildman–Crippen LogP) is 8.11. The van der Waals surface area contributed by atoms with Gasteiger partial charge in [0.05, 0.1) is 30.0 Å². The summed E-state index contributed by atoms with van der Waals surface area (Å²) >= 11 is 0. The molecule has 0 saturated carbocycles. The van der Waals surface area contributed by atoms with E-state index in [1.165, 1.54) is 0 Å². The number of hydrogen-bond donors (Lipinski definition) is 0. The van der Waals surface area contributed by atoms with Gasteiger partial charge in [0.25, 0.3) is 0 Å². The summed E-state index contributed by atoms with van der Waals surface area (Å²) in [5.74, 6) is -1.15. The molecule has 0 spiro atoms. The molecule has 8 nitrogen and oxygen atoms in total. The summed E-state index contributed by atoms with van der Waals surface area (Å²) < 4.78 is 12.0. The fourth-order valence-electron chi connectivity index (χ4n) is 7.77. The number of benzene rings is 4. The van der Waals surface area contributed by atoms with Crippen LogP contribution >= 0.6 is 6.89 Å². The molecule has 2 aliphatic heterocycles. The van der Waals surface area contributed by atoms with Gasteiger partial charge in [0.1, 0.15) is 6.61 Å². The molecule has 2 saturated heterocycles. The smallest absolute Gasteiger partial charge is 0.410 e. The number of cyclic esters (lactones) is 1. The minimum absolute atomic E-state index is 0.00395. The Bertz CT molecular complexity index is 2050. The maximum Gasteiger partial charge on any atom is 0.410 e. The van der Waals surface area contributed by atoms with Crippen molar-refractivity contribution in [3.63, 3.8) is 0 Å². The first-order chi connectivity index (χ1) is 27.2. The van der Waals surface area contributed by atoms with Gasteiger partial charge in [0.15, 0.2) is 19.9 Å². The van der Waals surface area contributed by atoms with E-state index in [0.29, 0.717) is 37.1 Å². The third-order valence-corrected chi connectivity index (χ3v) is 20.6. The van der Waals surface area contributed by atoms with E-state index in [9.17, 15) is 9.59 Å². The molecule has 298 valence electrons. The van der Waals surface area contributed by atoms with E-state index in [1.54, 1.807) is 28.0 Å². The Morgan fingerprint density at radius 3 is 1.86 bits per heavy atom. The maximum absolute atomic E-state index is 15.2. The van der Waals surface area contributed by atoms with Gasteiger partial charge in [-0.25, -0.2) is 4.79 Å². The minimum atomic E-state index is -3.07. The lowest BCUT2D eigenvalue weighted by molar-refractivity contribution is -0.154. The van der Waals surface area contributed by atoms with Crippen LogP contribution in [0.2, 0.25) is 18.1 Å². The van der Waals surface area contributed by atoms with Crippen LogP contribution in [-0.4, -0.2) is 72.4 Å². The first kappa shape index (κ1) is 41.8. The van der Waals surface area contributed by atoms with Crippen LogP contribution in [0.25, 0.3) is 0 Å². The van der Waals surface area contributed by atoms with Crippen molar-refractivity contribution in [2.45, 2.75) is 83.8 Å². The lowest BCUT2D eigenvalue weighted by atomic mass is 9.79. The predicted molar refractivity (Wildman–Crippen MR) is 234 cm³/mol. The average Bonchev–Trinajstić information content (AvgIpc) is 3.60. The standard InChI is InChI=1S/C47H55N2O6PSi/c1-8-9-25-41(50)45(56(37-19-13-10-14-20-37,38-21-15-11-16-22-38)39-23-17-12-18-24-39)49-40(43(44(49)52)34(2)55-57(6,7)47(3,4)5)32-42(51)36-28-26-35(27-29-36)33-48-30-31-54-46(48)53/h8,10-24,26-29,34,40,43H,1,9,25,30-33H2,2-7H3/t34-,40+,43+/m0/s1. The van der Waals surface area contributed by atoms with Crippen LogP contribution in [0.4, 0.5) is 4.79 Å². The Morgan fingerprint density at radius 1 is 0.877 bits per heavy atom. The Labute approximate surface area is 339 Å². The summed E-state index contributed by atoms with van der Waals surface area (Å²) in [6.45, 7) is 14.9. The Balaban J connectivity index is 1.55. The molecule has 2 amide bonds. The van der Waals surface area contributed by atoms with Crippen molar-refractivity contribution in [1.29, 1.82) is 0 Å². The Hall–Kier alpha value is -4.82. The number of rotatable bonds is 16. The quantitative estimate of drug-likeness (QED) is 0.0374. The van der Waals surface area contributed by atoms with E-state index in [0.717, 1.165) is 21.5 Å². The monoisotopic (exact) mass is 802 g/mol. The van der Waals surface area contributed by atoms with E-state index >= 15 is 9.59 Å². The van der Waals surface area contributed by atoms with Gasteiger partial charge in [-0.2, -0.15) is 0 Å². The molecule has 0 aromatic heterocycles. The summed E-state index contributed by atoms with van der Waals surface area (Å²) in [6, 6.07) is 36.7. The first-order valence-corrected chi connectivity index (χ1v) is 24.5. The number of allylic oxidation sites excluding steroid dienone is 1. The Morgan fingerprint density at radius 2 is 1.40 bits per heavy atom. The molecule has 0 bridgehead atoms. The molecule has 0 aliphatic carbocycles. The SMILES string of the molecule is C=CCCC(=O)C(N1C(=O)[C@H]([C@H](C)O[Si](C)(C)C(C)(C)C)[C@H]1CC(=O)c1ccc(CN2CCOC2=O)cc1)=P(c1ccccc1)(c1ccccc1)c1ccccc1. The van der Waals surface area contributed by atoms with Crippen LogP contribution in [0.3, 0.4) is 0 Å². The number of hydrogen-bond acceptors (Lipinski definition) is 6. The number of β-lactam (4-membered cyclic amide) rings is 1. The van der Waals surface area contributed by atoms with Crippen molar-refractivity contribution in [1.82, 2.24) is 9.80 Å². The molecule has 2 aliphatic rings. The summed E-state index contributed by atoms with van der Waals surface area (Å²) in [6.07, 6.45) is 1.47. The van der Waals surface area contributed by atoms with E-state index in [4.69, 9.17) is 9.16 Å². The number of ether oxygens (including phenoxy) is 1. The molecule has 4 aromatic carbocycles. The van der Waals surface area contributed by atoms with Gasteiger partial charge in [0.2, 0.25) is 5.91 Å². The number of likely N-dealkylation sites (tertiary alicyclic amines) is 1. The van der Waals surface area contributed by atoms with Gasteiger partial charge in [0, 0.05) is 31.8 Å². The normalized spacial score (nSPS) is 17.8. The van der Waals surface area contributed by atoms with E-state index in [2.05, 4.69) is 76.8 Å². The van der Waals surface area contributed by atoms with Gasteiger partial charge < -0.3 is 19.0 Å². The number of Topliss-reactive ketones (excluding diaryl/α,β-unsaturated/α-hetero) is 2. The van der Waals surface area contributed by atoms with Gasteiger partial charge >= 0.3 is 6.09 Å². The van der Waals surface area contributed by atoms with Crippen molar-refractivity contribution in [2.24, 2.45) is 5.92 Å². The van der Waals surface area contributed by atoms with Crippen LogP contribution in [0, 0.1) is 5.92 Å². The van der Waals surface area contributed by atoms with Crippen molar-refractivity contribution in [3.8, 4) is 0 Å². The highest BCUT2D eigenvalue weighted by Gasteiger charge is 2.56. The van der Waals surface area contributed by atoms with Gasteiger partial charge in [-0.3, -0.25) is 14.4 Å². The molecule has 10 heteroatoms.